The van der Waals surface area contributed by atoms with Crippen molar-refractivity contribution in [1.29, 1.82) is 0 Å². The van der Waals surface area contributed by atoms with Gasteiger partial charge in [0.25, 0.3) is 0 Å². The van der Waals surface area contributed by atoms with Crippen LogP contribution in [0.3, 0.4) is 0 Å². The third-order valence-electron chi connectivity index (χ3n) is 2.14. The Balaban J connectivity index is 2.89. The number of aldehydes is 1. The predicted octanol–water partition coefficient (Wildman–Crippen LogP) is 1.50. The van der Waals surface area contributed by atoms with Crippen LogP contribution in [0.15, 0.2) is 24.3 Å². The Labute approximate surface area is 84.3 Å². The van der Waals surface area contributed by atoms with E-state index in [1.54, 1.807) is 7.11 Å². The first-order valence-corrected chi connectivity index (χ1v) is 4.44. The van der Waals surface area contributed by atoms with Crippen molar-refractivity contribution in [3.63, 3.8) is 0 Å². The fourth-order valence-electron chi connectivity index (χ4n) is 1.30. The van der Waals surface area contributed by atoms with E-state index in [2.05, 4.69) is 0 Å². The number of nitrogens with zero attached hydrogens (tertiary/aromatic N) is 1. The molecule has 0 bridgehead atoms. The van der Waals surface area contributed by atoms with E-state index >= 15 is 0 Å². The predicted molar refractivity (Wildman–Crippen MR) is 55.5 cm³/mol. The Morgan fingerprint density at radius 2 is 1.86 bits per heavy atom. The van der Waals surface area contributed by atoms with Crippen molar-refractivity contribution in [2.45, 2.75) is 6.04 Å². The standard InChI is InChI=1S/C11H15NO2/c1-12(2)11(8-13)9-4-6-10(14-3)7-5-9/h4-8,11H,1-3H3/t11-/m1/s1. The Morgan fingerprint density at radius 3 is 2.21 bits per heavy atom. The molecule has 0 aromatic heterocycles. The fraction of sp³-hybridized carbons (Fsp3) is 0.364. The Morgan fingerprint density at radius 1 is 1.29 bits per heavy atom. The van der Waals surface area contributed by atoms with Crippen LogP contribution in [0.2, 0.25) is 0 Å². The lowest BCUT2D eigenvalue weighted by molar-refractivity contribution is -0.111. The summed E-state index contributed by atoms with van der Waals surface area (Å²) in [6.45, 7) is 0. The minimum absolute atomic E-state index is 0.180. The summed E-state index contributed by atoms with van der Waals surface area (Å²) >= 11 is 0. The minimum Gasteiger partial charge on any atom is -0.497 e. The van der Waals surface area contributed by atoms with Crippen LogP contribution < -0.4 is 4.74 Å². The highest BCUT2D eigenvalue weighted by atomic mass is 16.5. The lowest BCUT2D eigenvalue weighted by Gasteiger charge is -2.18. The largest absolute Gasteiger partial charge is 0.497 e. The quantitative estimate of drug-likeness (QED) is 0.679. The highest BCUT2D eigenvalue weighted by Gasteiger charge is 2.11. The van der Waals surface area contributed by atoms with Crippen LogP contribution in [0.4, 0.5) is 0 Å². The summed E-state index contributed by atoms with van der Waals surface area (Å²) in [5.41, 5.74) is 0.978. The number of hydrogen-bond acceptors (Lipinski definition) is 3. The summed E-state index contributed by atoms with van der Waals surface area (Å²) < 4.78 is 5.04. The Hall–Kier alpha value is -1.35. The molecular weight excluding hydrogens is 178 g/mol. The smallest absolute Gasteiger partial charge is 0.141 e. The maximum atomic E-state index is 10.8. The number of carbonyl (C=O) groups is 1. The number of hydrogen-bond donors (Lipinski definition) is 0. The number of ether oxygens (including phenoxy) is 1. The average molecular weight is 193 g/mol. The van der Waals surface area contributed by atoms with Gasteiger partial charge in [0, 0.05) is 0 Å². The topological polar surface area (TPSA) is 29.5 Å². The van der Waals surface area contributed by atoms with Crippen molar-refractivity contribution in [2.75, 3.05) is 21.2 Å². The van der Waals surface area contributed by atoms with E-state index in [4.69, 9.17) is 4.74 Å². The molecule has 0 radical (unpaired) electrons. The third kappa shape index (κ3) is 2.33. The Bertz CT molecular complexity index is 293. The molecule has 0 spiro atoms. The molecule has 0 fully saturated rings. The molecule has 0 saturated heterocycles. The molecule has 1 rings (SSSR count). The zero-order chi connectivity index (χ0) is 10.6. The number of methoxy groups -OCH3 is 1. The van der Waals surface area contributed by atoms with Crippen LogP contribution in [-0.4, -0.2) is 32.4 Å². The van der Waals surface area contributed by atoms with Gasteiger partial charge in [-0.1, -0.05) is 12.1 Å². The molecule has 0 aliphatic rings. The van der Waals surface area contributed by atoms with Gasteiger partial charge in [0.15, 0.2) is 0 Å². The number of likely N-dealkylation sites (N-methyl/N-ethyl adjacent to an activating group) is 1. The van der Waals surface area contributed by atoms with E-state index in [1.807, 2.05) is 43.3 Å². The first kappa shape index (κ1) is 10.7. The Kier molecular flexibility index (Phi) is 3.65. The number of benzene rings is 1. The van der Waals surface area contributed by atoms with Crippen molar-refractivity contribution >= 4 is 6.29 Å². The van der Waals surface area contributed by atoms with E-state index < -0.39 is 0 Å². The molecule has 0 N–H and O–H groups in total. The summed E-state index contributed by atoms with van der Waals surface area (Å²) in [6.07, 6.45) is 0.932. The normalized spacial score (nSPS) is 12.6. The van der Waals surface area contributed by atoms with Crippen LogP contribution in [0.25, 0.3) is 0 Å². The maximum absolute atomic E-state index is 10.8. The summed E-state index contributed by atoms with van der Waals surface area (Å²) in [7, 11) is 5.38. The zero-order valence-electron chi connectivity index (χ0n) is 8.73. The van der Waals surface area contributed by atoms with Crippen molar-refractivity contribution < 1.29 is 9.53 Å². The van der Waals surface area contributed by atoms with Crippen LogP contribution in [0.1, 0.15) is 11.6 Å². The SMILES string of the molecule is COc1ccc([C@@H](C=O)N(C)C)cc1. The van der Waals surface area contributed by atoms with Gasteiger partial charge in [-0.3, -0.25) is 4.90 Å². The van der Waals surface area contributed by atoms with Crippen LogP contribution in [0, 0.1) is 0 Å². The molecule has 1 aromatic carbocycles. The van der Waals surface area contributed by atoms with Crippen molar-refractivity contribution in [3.8, 4) is 5.75 Å². The molecule has 0 heterocycles. The first-order valence-electron chi connectivity index (χ1n) is 4.44. The van der Waals surface area contributed by atoms with Crippen molar-refractivity contribution in [1.82, 2.24) is 4.90 Å². The molecule has 3 heteroatoms. The summed E-state index contributed by atoms with van der Waals surface area (Å²) in [4.78, 5) is 12.7. The van der Waals surface area contributed by atoms with Gasteiger partial charge in [-0.25, -0.2) is 0 Å². The molecule has 0 unspecified atom stereocenters. The summed E-state index contributed by atoms with van der Waals surface area (Å²) in [5.74, 6) is 0.803. The molecule has 0 saturated carbocycles. The maximum Gasteiger partial charge on any atom is 0.141 e. The lowest BCUT2D eigenvalue weighted by atomic mass is 10.1. The van der Waals surface area contributed by atoms with Gasteiger partial charge in [0.05, 0.1) is 13.2 Å². The van der Waals surface area contributed by atoms with E-state index in [0.717, 1.165) is 17.6 Å². The summed E-state index contributed by atoms with van der Waals surface area (Å²) in [6, 6.07) is 7.33. The highest BCUT2D eigenvalue weighted by Crippen LogP contribution is 2.19. The lowest BCUT2D eigenvalue weighted by Crippen LogP contribution is -2.20. The van der Waals surface area contributed by atoms with E-state index in [-0.39, 0.29) is 6.04 Å². The molecule has 1 atom stereocenters. The molecule has 0 aliphatic carbocycles. The van der Waals surface area contributed by atoms with Crippen molar-refractivity contribution in [2.24, 2.45) is 0 Å². The number of rotatable bonds is 4. The van der Waals surface area contributed by atoms with Gasteiger partial charge in [-0.15, -0.1) is 0 Å². The molecule has 1 aromatic rings. The molecule has 0 aliphatic heterocycles. The molecule has 0 amide bonds. The second-order valence-corrected chi connectivity index (χ2v) is 3.32. The van der Waals surface area contributed by atoms with Gasteiger partial charge in [-0.2, -0.15) is 0 Å². The fourth-order valence-corrected chi connectivity index (χ4v) is 1.30. The van der Waals surface area contributed by atoms with E-state index in [1.165, 1.54) is 0 Å². The van der Waals surface area contributed by atoms with Crippen LogP contribution in [0.5, 0.6) is 5.75 Å². The monoisotopic (exact) mass is 193 g/mol. The second-order valence-electron chi connectivity index (χ2n) is 3.32. The highest BCUT2D eigenvalue weighted by molar-refractivity contribution is 5.61. The minimum atomic E-state index is -0.180. The van der Waals surface area contributed by atoms with Gasteiger partial charge in [0.2, 0.25) is 0 Å². The van der Waals surface area contributed by atoms with Crippen LogP contribution in [-0.2, 0) is 4.79 Å². The van der Waals surface area contributed by atoms with E-state index in [0.29, 0.717) is 0 Å². The molecule has 3 nitrogen and oxygen atoms in total. The van der Waals surface area contributed by atoms with Crippen LogP contribution >= 0.6 is 0 Å². The molecule has 76 valence electrons. The van der Waals surface area contributed by atoms with Gasteiger partial charge >= 0.3 is 0 Å². The average Bonchev–Trinajstić information content (AvgIpc) is 2.19. The van der Waals surface area contributed by atoms with Gasteiger partial charge < -0.3 is 9.53 Å². The van der Waals surface area contributed by atoms with Crippen molar-refractivity contribution in [3.05, 3.63) is 29.8 Å². The molecular formula is C11H15NO2. The number of carbonyl (C=O) groups excluding carboxylic acids is 1. The second kappa shape index (κ2) is 4.77. The zero-order valence-corrected chi connectivity index (χ0v) is 8.73. The van der Waals surface area contributed by atoms with Gasteiger partial charge in [-0.05, 0) is 31.8 Å². The molecule has 14 heavy (non-hydrogen) atoms. The van der Waals surface area contributed by atoms with E-state index in [9.17, 15) is 4.79 Å². The third-order valence-corrected chi connectivity index (χ3v) is 2.14. The first-order chi connectivity index (χ1) is 6.69. The van der Waals surface area contributed by atoms with Gasteiger partial charge in [0.1, 0.15) is 12.0 Å². The summed E-state index contributed by atoms with van der Waals surface area (Å²) in [5, 5.41) is 0.